The van der Waals surface area contributed by atoms with Crippen LogP contribution in [-0.2, 0) is 0 Å². The van der Waals surface area contributed by atoms with Gasteiger partial charge in [0.15, 0.2) is 0 Å². The fourth-order valence-electron chi connectivity index (χ4n) is 2.17. The minimum absolute atomic E-state index is 0. The molecule has 0 spiro atoms. The maximum Gasteiger partial charge on any atom is -0.0233 e. The molecule has 0 nitrogen and oxygen atoms in total. The molecule has 0 amide bonds. The molecule has 3 aromatic carbocycles. The molecule has 0 N–H and O–H groups in total. The van der Waals surface area contributed by atoms with E-state index in [9.17, 15) is 0 Å². The van der Waals surface area contributed by atoms with Crippen molar-refractivity contribution >= 4 is 16.7 Å². The van der Waals surface area contributed by atoms with Gasteiger partial charge in [-0.05, 0) is 37.5 Å². The summed E-state index contributed by atoms with van der Waals surface area (Å²) in [6.45, 7) is 17.5. The van der Waals surface area contributed by atoms with Gasteiger partial charge < -0.3 is 0 Å². The van der Waals surface area contributed by atoms with E-state index in [-0.39, 0.29) is 22.3 Å². The smallest absolute Gasteiger partial charge is 0.0233 e. The van der Waals surface area contributed by atoms with Gasteiger partial charge in [0.25, 0.3) is 0 Å². The van der Waals surface area contributed by atoms with Crippen LogP contribution in [0.1, 0.15) is 59.7 Å². The fraction of sp³-hybridized carbons (Fsp3) is 0.200. The van der Waals surface area contributed by atoms with Gasteiger partial charge in [0, 0.05) is 0 Å². The van der Waals surface area contributed by atoms with Crippen molar-refractivity contribution in [1.29, 1.82) is 0 Å². The molecule has 30 heavy (non-hydrogen) atoms. The first-order chi connectivity index (χ1) is 12.9. The minimum Gasteiger partial charge on any atom is -0.0955 e. The lowest BCUT2D eigenvalue weighted by molar-refractivity contribution is 1.58. The zero-order valence-electron chi connectivity index (χ0n) is 16.8. The van der Waals surface area contributed by atoms with Gasteiger partial charge in [-0.25, -0.2) is 0 Å². The van der Waals surface area contributed by atoms with Gasteiger partial charge in [0.2, 0.25) is 0 Å². The summed E-state index contributed by atoms with van der Waals surface area (Å²) < 4.78 is 0. The van der Waals surface area contributed by atoms with Crippen molar-refractivity contribution in [3.63, 3.8) is 0 Å². The van der Waals surface area contributed by atoms with Crippen LogP contribution in [0.3, 0.4) is 0 Å². The molecule has 0 aliphatic carbocycles. The molecule has 0 saturated carbocycles. The van der Waals surface area contributed by atoms with Gasteiger partial charge in [0.05, 0.1) is 0 Å². The number of rotatable bonds is 3. The molecule has 0 fully saturated rings. The zero-order chi connectivity index (χ0) is 20.1. The SMILES string of the molecule is C.C.C.C=C(C)c1ccccc1.C=C(C)c1ccccc1.C=C(C)c1ccccc1. The Morgan fingerprint density at radius 1 is 0.400 bits per heavy atom. The lowest BCUT2D eigenvalue weighted by Crippen LogP contribution is -1.72. The Morgan fingerprint density at radius 3 is 0.667 bits per heavy atom. The molecule has 0 heterocycles. The van der Waals surface area contributed by atoms with E-state index in [4.69, 9.17) is 0 Å². The van der Waals surface area contributed by atoms with E-state index < -0.39 is 0 Å². The van der Waals surface area contributed by atoms with Crippen molar-refractivity contribution in [3.8, 4) is 0 Å². The average Bonchev–Trinajstić information content (AvgIpc) is 2.71. The van der Waals surface area contributed by atoms with Crippen LogP contribution in [-0.4, -0.2) is 0 Å². The summed E-state index contributed by atoms with van der Waals surface area (Å²) in [7, 11) is 0. The van der Waals surface area contributed by atoms with E-state index in [0.717, 1.165) is 16.7 Å². The highest BCUT2D eigenvalue weighted by molar-refractivity contribution is 5.61. The molecule has 3 aromatic rings. The van der Waals surface area contributed by atoms with E-state index in [0.29, 0.717) is 0 Å². The quantitative estimate of drug-likeness (QED) is 0.409. The standard InChI is InChI=1S/3C9H10.3CH4/c3*1-8(2)9-6-4-3-5-7-9;;;/h3*3-7H,1H2,2H3;3*1H4. The Morgan fingerprint density at radius 2 is 0.567 bits per heavy atom. The monoisotopic (exact) mass is 402 g/mol. The molecule has 0 atom stereocenters. The highest BCUT2D eigenvalue weighted by Crippen LogP contribution is 2.10. The number of benzene rings is 3. The third-order valence-electron chi connectivity index (χ3n) is 3.80. The van der Waals surface area contributed by atoms with Crippen molar-refractivity contribution in [2.75, 3.05) is 0 Å². The normalized spacial score (nSPS) is 8.10. The van der Waals surface area contributed by atoms with E-state index in [2.05, 4.69) is 56.1 Å². The molecule has 0 radical (unpaired) electrons. The highest BCUT2D eigenvalue weighted by atomic mass is 13.9. The Kier molecular flexibility index (Phi) is 18.9. The molecule has 0 saturated heterocycles. The Bertz CT molecular complexity index is 707. The summed E-state index contributed by atoms with van der Waals surface area (Å²) in [6.07, 6.45) is 0. The van der Waals surface area contributed by atoms with Gasteiger partial charge >= 0.3 is 0 Å². The van der Waals surface area contributed by atoms with Crippen LogP contribution < -0.4 is 0 Å². The zero-order valence-corrected chi connectivity index (χ0v) is 16.8. The van der Waals surface area contributed by atoms with Crippen LogP contribution in [0.15, 0.2) is 111 Å². The molecule has 0 aromatic heterocycles. The summed E-state index contributed by atoms with van der Waals surface area (Å²) in [6, 6.07) is 30.5. The maximum atomic E-state index is 3.83. The molecule has 162 valence electrons. The predicted octanol–water partition coefficient (Wildman–Crippen LogP) is 10.1. The van der Waals surface area contributed by atoms with Gasteiger partial charge in [-0.15, -0.1) is 0 Å². The van der Waals surface area contributed by atoms with Gasteiger partial charge in [-0.3, -0.25) is 0 Å². The summed E-state index contributed by atoms with van der Waals surface area (Å²) in [5.74, 6) is 0. The van der Waals surface area contributed by atoms with Crippen molar-refractivity contribution in [3.05, 3.63) is 127 Å². The summed E-state index contributed by atoms with van der Waals surface area (Å²) in [5.41, 5.74) is 7.02. The Hall–Kier alpha value is -3.12. The second kappa shape index (κ2) is 17.9. The molecule has 0 aliphatic rings. The fourth-order valence-corrected chi connectivity index (χ4v) is 2.17. The molecule has 0 heteroatoms. The van der Waals surface area contributed by atoms with Crippen LogP contribution in [0.2, 0.25) is 0 Å². The average molecular weight is 403 g/mol. The first-order valence-electron chi connectivity index (χ1n) is 9.04. The number of allylic oxidation sites excluding steroid dienone is 3. The lowest BCUT2D eigenvalue weighted by Gasteiger charge is -1.94. The Labute approximate surface area is 187 Å². The third kappa shape index (κ3) is 13.1. The largest absolute Gasteiger partial charge is 0.0955 e. The van der Waals surface area contributed by atoms with Crippen LogP contribution in [0, 0.1) is 0 Å². The highest BCUT2D eigenvalue weighted by Gasteiger charge is 1.87. The second-order valence-electron chi connectivity index (χ2n) is 6.44. The Balaban J connectivity index is -0.000000347. The van der Waals surface area contributed by atoms with Crippen molar-refractivity contribution in [1.82, 2.24) is 0 Å². The van der Waals surface area contributed by atoms with E-state index >= 15 is 0 Å². The van der Waals surface area contributed by atoms with Crippen molar-refractivity contribution < 1.29 is 0 Å². The second-order valence-corrected chi connectivity index (χ2v) is 6.44. The van der Waals surface area contributed by atoms with Gasteiger partial charge in [-0.2, -0.15) is 0 Å². The topological polar surface area (TPSA) is 0 Å². The van der Waals surface area contributed by atoms with Crippen molar-refractivity contribution in [2.24, 2.45) is 0 Å². The third-order valence-corrected chi connectivity index (χ3v) is 3.80. The number of hydrogen-bond donors (Lipinski definition) is 0. The lowest BCUT2D eigenvalue weighted by atomic mass is 10.1. The summed E-state index contributed by atoms with van der Waals surface area (Å²) in [4.78, 5) is 0. The molecule has 0 aliphatic heterocycles. The first kappa shape index (κ1) is 31.6. The molecule has 0 bridgehead atoms. The van der Waals surface area contributed by atoms with Crippen LogP contribution in [0.4, 0.5) is 0 Å². The van der Waals surface area contributed by atoms with E-state index in [1.54, 1.807) is 0 Å². The molecule has 3 rings (SSSR count). The molecular weight excluding hydrogens is 360 g/mol. The van der Waals surface area contributed by atoms with Gasteiger partial charge in [-0.1, -0.05) is 150 Å². The van der Waals surface area contributed by atoms with Gasteiger partial charge in [0.1, 0.15) is 0 Å². The maximum absolute atomic E-state index is 3.83. The minimum atomic E-state index is 0. The predicted molar refractivity (Wildman–Crippen MR) is 144 cm³/mol. The van der Waals surface area contributed by atoms with Crippen LogP contribution in [0.25, 0.3) is 16.7 Å². The summed E-state index contributed by atoms with van der Waals surface area (Å²) in [5, 5.41) is 0. The molecule has 0 unspecified atom stereocenters. The van der Waals surface area contributed by atoms with E-state index in [1.807, 2.05) is 75.4 Å². The van der Waals surface area contributed by atoms with Crippen LogP contribution >= 0.6 is 0 Å². The van der Waals surface area contributed by atoms with Crippen LogP contribution in [0.5, 0.6) is 0 Å². The number of hydrogen-bond acceptors (Lipinski definition) is 0. The van der Waals surface area contributed by atoms with E-state index in [1.165, 1.54) is 16.7 Å². The summed E-state index contributed by atoms with van der Waals surface area (Å²) >= 11 is 0. The first-order valence-corrected chi connectivity index (χ1v) is 9.04. The van der Waals surface area contributed by atoms with Crippen molar-refractivity contribution in [2.45, 2.75) is 43.1 Å². The molecular formula is C30H42.